The molecular weight excluding hydrogens is 576 g/mol. The Bertz CT molecular complexity index is 1710. The number of aryl methyl sites for hydroxylation is 1. The van der Waals surface area contributed by atoms with Crippen molar-refractivity contribution in [3.8, 4) is 11.5 Å². The van der Waals surface area contributed by atoms with Gasteiger partial charge in [0.05, 0.1) is 17.3 Å². The molecule has 0 heterocycles. The van der Waals surface area contributed by atoms with E-state index in [-0.39, 0.29) is 57.1 Å². The van der Waals surface area contributed by atoms with E-state index in [2.05, 4.69) is 15.5 Å². The normalized spacial score (nSPS) is 11.4. The Hall–Kier alpha value is -2.70. The number of hydrogen-bond acceptors (Lipinski definition) is 7. The first-order chi connectivity index (χ1) is 18.0. The summed E-state index contributed by atoms with van der Waals surface area (Å²) >= 11 is 12.3. The number of carbonyl (C=O) groups excluding carboxylic acids is 1. The number of ether oxygens (including phenoxy) is 1. The summed E-state index contributed by atoms with van der Waals surface area (Å²) in [5.41, 5.74) is 0.0821. The molecule has 0 spiro atoms. The molecule has 4 aromatic carbocycles. The summed E-state index contributed by atoms with van der Waals surface area (Å²) < 4.78 is 38.5. The fraction of sp³-hybridized carbons (Fsp3) is 0.115. The van der Waals surface area contributed by atoms with Gasteiger partial charge in [0.2, 0.25) is 0 Å². The molecule has 0 aromatic heterocycles. The van der Waals surface area contributed by atoms with E-state index in [1.807, 2.05) is 0 Å². The van der Waals surface area contributed by atoms with E-state index < -0.39 is 26.7 Å². The molecule has 0 aliphatic rings. The Labute approximate surface area is 256 Å². The average molecular weight is 596 g/mol. The number of hydrogen-bond donors (Lipinski definition) is 2. The van der Waals surface area contributed by atoms with E-state index in [0.29, 0.717) is 33.8 Å². The molecule has 39 heavy (non-hydrogen) atoms. The van der Waals surface area contributed by atoms with E-state index in [9.17, 15) is 22.9 Å². The van der Waals surface area contributed by atoms with Crippen LogP contribution >= 0.6 is 23.2 Å². The fourth-order valence-corrected chi connectivity index (χ4v) is 5.37. The van der Waals surface area contributed by atoms with E-state index in [1.54, 1.807) is 43.3 Å². The van der Waals surface area contributed by atoms with Crippen LogP contribution in [-0.2, 0) is 10.1 Å². The van der Waals surface area contributed by atoms with Crippen molar-refractivity contribution >= 4 is 67.1 Å². The van der Waals surface area contributed by atoms with Crippen LogP contribution in [0.5, 0.6) is 11.5 Å². The van der Waals surface area contributed by atoms with Crippen LogP contribution in [0.25, 0.3) is 10.8 Å². The minimum absolute atomic E-state index is 0. The number of halogens is 2. The Balaban J connectivity index is 0.00000420. The van der Waals surface area contributed by atoms with Crippen LogP contribution in [0, 0.1) is 6.92 Å². The Kier molecular flexibility index (Phi) is 10.0. The minimum Gasteiger partial charge on any atom is -0.870 e. The maximum absolute atomic E-state index is 13.4. The number of rotatable bonds is 7. The molecule has 0 fully saturated rings. The number of nitrogens with zero attached hydrogens (tertiary/aromatic N) is 2. The van der Waals surface area contributed by atoms with Crippen molar-refractivity contribution < 1.29 is 57.2 Å². The summed E-state index contributed by atoms with van der Waals surface area (Å²) in [6, 6.07) is 15.7. The maximum atomic E-state index is 13.4. The maximum Gasteiger partial charge on any atom is 1.00 e. The monoisotopic (exact) mass is 595 g/mol. The number of benzene rings is 4. The van der Waals surface area contributed by atoms with E-state index in [1.165, 1.54) is 31.2 Å². The van der Waals surface area contributed by atoms with Crippen LogP contribution < -0.4 is 44.7 Å². The van der Waals surface area contributed by atoms with Gasteiger partial charge in [0.15, 0.2) is 0 Å². The zero-order chi connectivity index (χ0) is 27.6. The van der Waals surface area contributed by atoms with Crippen molar-refractivity contribution in [3.05, 3.63) is 81.8 Å². The van der Waals surface area contributed by atoms with Crippen LogP contribution in [0.4, 0.5) is 17.1 Å². The molecule has 0 bridgehead atoms. The molecule has 0 aliphatic heterocycles. The third kappa shape index (κ3) is 6.90. The van der Waals surface area contributed by atoms with Crippen LogP contribution in [0.2, 0.25) is 10.0 Å². The molecule has 0 saturated carbocycles. The fourth-order valence-electron chi connectivity index (χ4n) is 3.80. The molecule has 0 unspecified atom stereocenters. The van der Waals surface area contributed by atoms with Gasteiger partial charge in [-0.1, -0.05) is 59.3 Å². The summed E-state index contributed by atoms with van der Waals surface area (Å²) in [5.74, 6) is -0.968. The zero-order valence-corrected chi connectivity index (χ0v) is 25.4. The van der Waals surface area contributed by atoms with Crippen molar-refractivity contribution in [1.29, 1.82) is 0 Å². The number of azo groups is 1. The standard InChI is InChI=1S/C26H21Cl2N3O6S.Na/c1-3-37-18-12-16(27)11-17(13-18)29-26(33)20-10-15-6-4-5-7-19(15)23(24(20)32)31-30-21-9-8-14(2)25(22(21)28)38(34,35)36;/h4-13,32H,3H2,1-2H3,(H,29,33)(H,34,35,36);/q;+1/p-1. The summed E-state index contributed by atoms with van der Waals surface area (Å²) in [6.07, 6.45) is 0. The van der Waals surface area contributed by atoms with E-state index in [4.69, 9.17) is 27.9 Å². The molecule has 0 aliphatic carbocycles. The molecule has 0 atom stereocenters. The van der Waals surface area contributed by atoms with Gasteiger partial charge in [0.1, 0.15) is 16.3 Å². The van der Waals surface area contributed by atoms with Gasteiger partial charge in [-0.2, -0.15) is 13.5 Å². The van der Waals surface area contributed by atoms with Crippen LogP contribution in [0.3, 0.4) is 0 Å². The van der Waals surface area contributed by atoms with Crippen molar-refractivity contribution in [2.45, 2.75) is 18.7 Å². The van der Waals surface area contributed by atoms with Gasteiger partial charge in [-0.3, -0.25) is 9.35 Å². The molecule has 0 saturated heterocycles. The first-order valence-corrected chi connectivity index (χ1v) is 13.3. The summed E-state index contributed by atoms with van der Waals surface area (Å²) in [7, 11) is -4.64. The van der Waals surface area contributed by atoms with Crippen molar-refractivity contribution in [2.75, 3.05) is 11.9 Å². The SMILES string of the molecule is CCOc1cc(Cl)cc(NC(=O)c2cc3ccccc3c(N=Nc3ccc(C)c(S(=O)(=O)O)c3Cl)c2[O-])c1.[Na+]. The van der Waals surface area contributed by atoms with Gasteiger partial charge in [-0.15, -0.1) is 5.11 Å². The molecule has 2 N–H and O–H groups in total. The van der Waals surface area contributed by atoms with E-state index >= 15 is 0 Å². The van der Waals surface area contributed by atoms with Gasteiger partial charge in [0.25, 0.3) is 16.0 Å². The molecule has 196 valence electrons. The van der Waals surface area contributed by atoms with Crippen LogP contribution in [0.15, 0.2) is 75.8 Å². The second kappa shape index (κ2) is 12.6. The first kappa shape index (κ1) is 30.8. The molecule has 4 aromatic rings. The van der Waals surface area contributed by atoms with Crippen LogP contribution in [0.1, 0.15) is 22.8 Å². The molecular formula is C26H20Cl2N3NaO6S. The minimum atomic E-state index is -4.64. The second-order valence-electron chi connectivity index (χ2n) is 8.11. The Morgan fingerprint density at radius 2 is 1.79 bits per heavy atom. The Morgan fingerprint density at radius 1 is 1.08 bits per heavy atom. The molecule has 4 rings (SSSR count). The van der Waals surface area contributed by atoms with Gasteiger partial charge >= 0.3 is 29.6 Å². The number of anilines is 1. The smallest absolute Gasteiger partial charge is 0.870 e. The topological polar surface area (TPSA) is 140 Å². The van der Waals surface area contributed by atoms with Gasteiger partial charge in [-0.05, 0) is 49.1 Å². The average Bonchev–Trinajstić information content (AvgIpc) is 2.83. The third-order valence-corrected chi connectivity index (χ3v) is 7.20. The number of fused-ring (bicyclic) bond motifs is 1. The quantitative estimate of drug-likeness (QED) is 0.189. The van der Waals surface area contributed by atoms with Gasteiger partial charge in [0, 0.05) is 27.7 Å². The molecule has 9 nitrogen and oxygen atoms in total. The van der Waals surface area contributed by atoms with Crippen molar-refractivity contribution in [1.82, 2.24) is 0 Å². The van der Waals surface area contributed by atoms with Gasteiger partial charge < -0.3 is 15.2 Å². The zero-order valence-electron chi connectivity index (χ0n) is 21.0. The third-order valence-electron chi connectivity index (χ3n) is 5.45. The largest absolute Gasteiger partial charge is 1.00 e. The number of carbonyl (C=O) groups is 1. The van der Waals surface area contributed by atoms with Crippen molar-refractivity contribution in [2.24, 2.45) is 10.2 Å². The van der Waals surface area contributed by atoms with Gasteiger partial charge in [-0.25, -0.2) is 0 Å². The second-order valence-corrected chi connectivity index (χ2v) is 10.3. The van der Waals surface area contributed by atoms with Crippen LogP contribution in [-0.4, -0.2) is 25.5 Å². The molecule has 1 amide bonds. The van der Waals surface area contributed by atoms with E-state index in [0.717, 1.165) is 0 Å². The number of amides is 1. The molecule has 13 heteroatoms. The predicted octanol–water partition coefficient (Wildman–Crippen LogP) is 3.85. The predicted molar refractivity (Wildman–Crippen MR) is 144 cm³/mol. The Morgan fingerprint density at radius 3 is 2.49 bits per heavy atom. The number of nitrogens with one attached hydrogen (secondary N) is 1. The summed E-state index contributed by atoms with van der Waals surface area (Å²) in [6.45, 7) is 3.66. The van der Waals surface area contributed by atoms with Crippen molar-refractivity contribution in [3.63, 3.8) is 0 Å². The first-order valence-electron chi connectivity index (χ1n) is 11.2. The molecule has 0 radical (unpaired) electrons. The summed E-state index contributed by atoms with van der Waals surface area (Å²) in [5, 5.41) is 25.0. The summed E-state index contributed by atoms with van der Waals surface area (Å²) in [4.78, 5) is 12.6.